The summed E-state index contributed by atoms with van der Waals surface area (Å²) in [4.78, 5) is 66.1. The Hall–Kier alpha value is -5.37. The average Bonchev–Trinajstić information content (AvgIpc) is 3.36. The summed E-state index contributed by atoms with van der Waals surface area (Å²) in [6.45, 7) is 1.85. The van der Waals surface area contributed by atoms with Crippen LogP contribution >= 0.6 is 0 Å². The predicted octanol–water partition coefficient (Wildman–Crippen LogP) is 6.39. The number of esters is 2. The Morgan fingerprint density at radius 3 is 1.71 bits per heavy atom. The number of nitrogens with zero attached hydrogens (tertiary/aromatic N) is 1. The summed E-state index contributed by atoms with van der Waals surface area (Å²) in [5.74, 6) is -2.26. The fourth-order valence-electron chi connectivity index (χ4n) is 7.54. The monoisotopic (exact) mass is 641 g/mol. The third-order valence-corrected chi connectivity index (χ3v) is 9.84. The predicted molar refractivity (Wildman–Crippen MR) is 177 cm³/mol. The normalized spacial score (nSPS) is 20.1. The molecule has 0 unspecified atom stereocenters. The van der Waals surface area contributed by atoms with Gasteiger partial charge in [0.2, 0.25) is 11.8 Å². The minimum atomic E-state index is -0.497. The van der Waals surface area contributed by atoms with Crippen LogP contribution < -0.4 is 4.74 Å². The van der Waals surface area contributed by atoms with Gasteiger partial charge in [-0.15, -0.1) is 0 Å². The second-order valence-corrected chi connectivity index (χ2v) is 12.8. The topological polar surface area (TPSA) is 107 Å². The number of rotatable bonds is 11. The van der Waals surface area contributed by atoms with E-state index < -0.39 is 18.5 Å². The van der Waals surface area contributed by atoms with Crippen LogP contribution in [0.5, 0.6) is 5.75 Å². The van der Waals surface area contributed by atoms with Crippen molar-refractivity contribution in [3.63, 3.8) is 0 Å². The van der Waals surface area contributed by atoms with E-state index in [2.05, 4.69) is 24.3 Å². The van der Waals surface area contributed by atoms with E-state index >= 15 is 0 Å². The zero-order valence-electron chi connectivity index (χ0n) is 26.6. The third-order valence-electron chi connectivity index (χ3n) is 9.84. The molecule has 2 atom stereocenters. The van der Waals surface area contributed by atoms with E-state index in [4.69, 9.17) is 9.47 Å². The quantitative estimate of drug-likeness (QED) is 0.0614. The number of hydrogen-bond donors (Lipinski definition) is 0. The molecule has 242 valence electrons. The lowest BCUT2D eigenvalue weighted by Crippen LogP contribution is -2.41. The molecular formula is C40H35NO7. The number of benzene rings is 4. The molecule has 1 heterocycles. The van der Waals surface area contributed by atoms with Gasteiger partial charge in [-0.05, 0) is 78.4 Å². The fourth-order valence-corrected chi connectivity index (χ4v) is 7.54. The molecule has 48 heavy (non-hydrogen) atoms. The highest BCUT2D eigenvalue weighted by Crippen LogP contribution is 2.60. The highest BCUT2D eigenvalue weighted by atomic mass is 16.5. The number of amides is 2. The zero-order chi connectivity index (χ0) is 33.4. The first-order valence-electron chi connectivity index (χ1n) is 16.4. The molecule has 4 aliphatic rings. The van der Waals surface area contributed by atoms with Crippen LogP contribution in [0, 0.1) is 18.8 Å². The summed E-state index contributed by atoms with van der Waals surface area (Å²) in [7, 11) is 0. The van der Waals surface area contributed by atoms with Crippen molar-refractivity contribution in [3.05, 3.63) is 136 Å². The molecule has 0 aromatic heterocycles. The van der Waals surface area contributed by atoms with Crippen molar-refractivity contribution >= 4 is 29.5 Å². The standard InChI is InChI=1S/C40H35NO7/c1-24-14-16-26(17-15-24)40(46)48-27-20-18-25(19-21-27)32(42)23-47-33(43)13-3-2-8-22-41-38(44)36-34-28-9-4-5-10-29(28)35(37(36)39(41)45)31-12-7-6-11-30(31)34/h4-7,9-12,14-21,34-37H,2-3,8,13,22-23H2,1H3/t34?,35?,36-,37+. The SMILES string of the molecule is Cc1ccc(C(=O)Oc2ccc(C(=O)COC(=O)CCCCCN3C(=O)[C@@H]4C5c6ccccc6C(c6ccccc65)[C@@H]4C3=O)cc2)cc1. The van der Waals surface area contributed by atoms with Crippen molar-refractivity contribution in [1.82, 2.24) is 4.90 Å². The third kappa shape index (κ3) is 5.72. The number of likely N-dealkylation sites (tertiary alicyclic amines) is 1. The number of aryl methyl sites for hydroxylation is 1. The van der Waals surface area contributed by atoms with Gasteiger partial charge in [0.1, 0.15) is 5.75 Å². The van der Waals surface area contributed by atoms with Gasteiger partial charge in [0.05, 0.1) is 17.4 Å². The molecule has 0 radical (unpaired) electrons. The van der Waals surface area contributed by atoms with Gasteiger partial charge in [-0.25, -0.2) is 4.79 Å². The van der Waals surface area contributed by atoms with Crippen LogP contribution in [0.2, 0.25) is 0 Å². The zero-order valence-corrected chi connectivity index (χ0v) is 26.6. The van der Waals surface area contributed by atoms with Crippen LogP contribution in [0.1, 0.15) is 86.1 Å². The van der Waals surface area contributed by atoms with Crippen LogP contribution in [0.4, 0.5) is 0 Å². The van der Waals surface area contributed by atoms with Crippen molar-refractivity contribution in [2.45, 2.75) is 44.4 Å². The summed E-state index contributed by atoms with van der Waals surface area (Å²) < 4.78 is 10.6. The average molecular weight is 642 g/mol. The number of carbonyl (C=O) groups is 5. The molecule has 2 bridgehead atoms. The number of ketones is 1. The summed E-state index contributed by atoms with van der Waals surface area (Å²) in [6, 6.07) is 29.5. The van der Waals surface area contributed by atoms with E-state index in [-0.39, 0.29) is 47.7 Å². The molecule has 1 aliphatic heterocycles. The molecule has 1 saturated heterocycles. The number of imide groups is 1. The lowest BCUT2D eigenvalue weighted by molar-refractivity contribution is -0.143. The second-order valence-electron chi connectivity index (χ2n) is 12.8. The molecular weight excluding hydrogens is 606 g/mol. The molecule has 8 heteroatoms. The lowest BCUT2D eigenvalue weighted by Gasteiger charge is -2.45. The van der Waals surface area contributed by atoms with Gasteiger partial charge in [0, 0.05) is 30.4 Å². The van der Waals surface area contributed by atoms with Crippen molar-refractivity contribution < 1.29 is 33.4 Å². The van der Waals surface area contributed by atoms with E-state index in [1.807, 2.05) is 43.3 Å². The van der Waals surface area contributed by atoms with Crippen molar-refractivity contribution in [2.24, 2.45) is 11.8 Å². The largest absolute Gasteiger partial charge is 0.457 e. The first kappa shape index (κ1) is 31.2. The highest BCUT2D eigenvalue weighted by molar-refractivity contribution is 6.07. The molecule has 4 aromatic rings. The molecule has 0 saturated carbocycles. The first-order chi connectivity index (χ1) is 23.3. The molecule has 8 rings (SSSR count). The van der Waals surface area contributed by atoms with Crippen molar-refractivity contribution in [3.8, 4) is 5.75 Å². The van der Waals surface area contributed by atoms with Crippen LogP contribution in [-0.4, -0.2) is 47.6 Å². The van der Waals surface area contributed by atoms with Gasteiger partial charge in [-0.2, -0.15) is 0 Å². The van der Waals surface area contributed by atoms with Crippen LogP contribution in [0.15, 0.2) is 97.1 Å². The lowest BCUT2D eigenvalue weighted by atomic mass is 9.55. The van der Waals surface area contributed by atoms with Crippen LogP contribution in [0.3, 0.4) is 0 Å². The summed E-state index contributed by atoms with van der Waals surface area (Å²) in [5.41, 5.74) is 6.40. The minimum Gasteiger partial charge on any atom is -0.457 e. The summed E-state index contributed by atoms with van der Waals surface area (Å²) >= 11 is 0. The Labute approximate surface area is 278 Å². The number of carbonyl (C=O) groups excluding carboxylic acids is 5. The molecule has 1 fully saturated rings. The van der Waals surface area contributed by atoms with Crippen molar-refractivity contribution in [1.29, 1.82) is 0 Å². The Morgan fingerprint density at radius 1 is 0.646 bits per heavy atom. The van der Waals surface area contributed by atoms with E-state index in [9.17, 15) is 24.0 Å². The summed E-state index contributed by atoms with van der Waals surface area (Å²) in [5, 5.41) is 0. The van der Waals surface area contributed by atoms with Gasteiger partial charge >= 0.3 is 11.9 Å². The van der Waals surface area contributed by atoms with Gasteiger partial charge in [-0.3, -0.25) is 24.1 Å². The Morgan fingerprint density at radius 2 is 1.17 bits per heavy atom. The maximum atomic E-state index is 13.7. The van der Waals surface area contributed by atoms with Gasteiger partial charge in [0.25, 0.3) is 0 Å². The van der Waals surface area contributed by atoms with Gasteiger partial charge in [0.15, 0.2) is 12.4 Å². The van der Waals surface area contributed by atoms with Crippen LogP contribution in [0.25, 0.3) is 0 Å². The highest BCUT2D eigenvalue weighted by Gasteiger charge is 2.61. The minimum absolute atomic E-state index is 0.0978. The Balaban J connectivity index is 0.859. The molecule has 4 aromatic carbocycles. The molecule has 0 spiro atoms. The second kappa shape index (κ2) is 13.0. The number of Topliss-reactive ketones (excluding diaryl/α,β-unsaturated/α-hetero) is 1. The molecule has 2 amide bonds. The van der Waals surface area contributed by atoms with Crippen LogP contribution in [-0.2, 0) is 19.1 Å². The van der Waals surface area contributed by atoms with E-state index in [1.54, 1.807) is 12.1 Å². The summed E-state index contributed by atoms with van der Waals surface area (Å²) in [6.07, 6.45) is 1.85. The van der Waals surface area contributed by atoms with Crippen molar-refractivity contribution in [2.75, 3.05) is 13.2 Å². The molecule has 8 nitrogen and oxygen atoms in total. The van der Waals surface area contributed by atoms with Gasteiger partial charge < -0.3 is 9.47 Å². The maximum Gasteiger partial charge on any atom is 0.343 e. The van der Waals surface area contributed by atoms with E-state index in [1.165, 1.54) is 29.2 Å². The number of unbranched alkanes of at least 4 members (excludes halogenated alkanes) is 2. The maximum absolute atomic E-state index is 13.7. The molecule has 3 aliphatic carbocycles. The van der Waals surface area contributed by atoms with E-state index in [0.717, 1.165) is 27.8 Å². The van der Waals surface area contributed by atoms with E-state index in [0.29, 0.717) is 42.7 Å². The smallest absolute Gasteiger partial charge is 0.343 e. The number of ether oxygens (including phenoxy) is 2. The number of hydrogen-bond acceptors (Lipinski definition) is 7. The Kier molecular flexibility index (Phi) is 8.48. The molecule has 0 N–H and O–H groups in total. The fraction of sp³-hybridized carbons (Fsp3) is 0.275. The van der Waals surface area contributed by atoms with Gasteiger partial charge in [-0.1, -0.05) is 72.6 Å². The first-order valence-corrected chi connectivity index (χ1v) is 16.4. The Bertz CT molecular complexity index is 1800.